The maximum atomic E-state index is 13.1. The summed E-state index contributed by atoms with van der Waals surface area (Å²) in [6.07, 6.45) is 3.58. The third-order valence-electron chi connectivity index (χ3n) is 7.05. The lowest BCUT2D eigenvalue weighted by atomic mass is 9.73. The molecule has 2 unspecified atom stereocenters. The molecule has 1 N–H and O–H groups in total. The quantitative estimate of drug-likeness (QED) is 0.714. The minimum atomic E-state index is -0.874. The highest BCUT2D eigenvalue weighted by molar-refractivity contribution is 6.09. The number of nitrogens with zero attached hydrogens (tertiary/aromatic N) is 3. The molecule has 0 bridgehead atoms. The number of piperazine rings is 1. The number of halogens is 1. The Hall–Kier alpha value is -2.97. The van der Waals surface area contributed by atoms with Crippen LogP contribution < -0.4 is 5.32 Å². The van der Waals surface area contributed by atoms with Gasteiger partial charge in [0.15, 0.2) is 0 Å². The van der Waals surface area contributed by atoms with Crippen molar-refractivity contribution in [1.82, 2.24) is 20.0 Å². The highest BCUT2D eigenvalue weighted by Gasteiger charge is 2.55. The highest BCUT2D eigenvalue weighted by Crippen LogP contribution is 2.38. The molecule has 172 valence electrons. The van der Waals surface area contributed by atoms with Crippen LogP contribution in [0.1, 0.15) is 38.2 Å². The van der Waals surface area contributed by atoms with Crippen LogP contribution in [0.5, 0.6) is 0 Å². The molecule has 1 saturated carbocycles. The third kappa shape index (κ3) is 4.20. The van der Waals surface area contributed by atoms with Crippen molar-refractivity contribution < 1.29 is 23.6 Å². The monoisotopic (exact) mass is 444 g/mol. The van der Waals surface area contributed by atoms with E-state index in [0.717, 1.165) is 29.7 Å². The Bertz CT molecular complexity index is 913. The summed E-state index contributed by atoms with van der Waals surface area (Å²) in [5.74, 6) is -0.965. The largest absolute Gasteiger partial charge is 0.339 e. The Balaban J connectivity index is 1.30. The summed E-state index contributed by atoms with van der Waals surface area (Å²) in [5, 5.41) is 2.87. The van der Waals surface area contributed by atoms with Gasteiger partial charge in [0, 0.05) is 26.2 Å². The molecule has 2 saturated heterocycles. The zero-order chi connectivity index (χ0) is 22.9. The Morgan fingerprint density at radius 3 is 2.28 bits per heavy atom. The Morgan fingerprint density at radius 2 is 1.66 bits per heavy atom. The first-order valence-electron chi connectivity index (χ1n) is 11.2. The number of urea groups is 1. The molecule has 5 amide bonds. The number of nitrogens with one attached hydrogen (secondary N) is 1. The maximum absolute atomic E-state index is 13.1. The van der Waals surface area contributed by atoms with Crippen LogP contribution in [-0.2, 0) is 20.8 Å². The SMILES string of the molecule is CC1CCCCC12NC(=O)N(CC(=O)N1CCN(C(=O)Cc3ccc(F)cc3)CC1)C2=O. The fourth-order valence-corrected chi connectivity index (χ4v) is 4.97. The van der Waals surface area contributed by atoms with Gasteiger partial charge in [-0.25, -0.2) is 9.18 Å². The second-order valence-corrected chi connectivity index (χ2v) is 9.00. The van der Waals surface area contributed by atoms with Crippen LogP contribution in [0.2, 0.25) is 0 Å². The van der Waals surface area contributed by atoms with Gasteiger partial charge in [-0.3, -0.25) is 19.3 Å². The molecule has 2 aliphatic heterocycles. The molecule has 0 radical (unpaired) electrons. The molecule has 2 heterocycles. The molecule has 3 aliphatic rings. The van der Waals surface area contributed by atoms with Crippen molar-refractivity contribution in [3.8, 4) is 0 Å². The minimum absolute atomic E-state index is 0.0449. The van der Waals surface area contributed by atoms with Crippen molar-refractivity contribution in [2.45, 2.75) is 44.6 Å². The second kappa shape index (κ2) is 8.88. The molecule has 4 rings (SSSR count). The zero-order valence-electron chi connectivity index (χ0n) is 18.3. The van der Waals surface area contributed by atoms with Crippen molar-refractivity contribution >= 4 is 23.8 Å². The zero-order valence-corrected chi connectivity index (χ0v) is 18.3. The van der Waals surface area contributed by atoms with E-state index in [0.29, 0.717) is 32.6 Å². The van der Waals surface area contributed by atoms with Gasteiger partial charge in [-0.05, 0) is 36.5 Å². The van der Waals surface area contributed by atoms with E-state index >= 15 is 0 Å². The molecule has 1 aromatic carbocycles. The second-order valence-electron chi connectivity index (χ2n) is 9.00. The smallest absolute Gasteiger partial charge is 0.325 e. The molecule has 3 fully saturated rings. The van der Waals surface area contributed by atoms with Crippen LogP contribution in [0.3, 0.4) is 0 Å². The van der Waals surface area contributed by atoms with Gasteiger partial charge < -0.3 is 15.1 Å². The summed E-state index contributed by atoms with van der Waals surface area (Å²) in [4.78, 5) is 55.2. The van der Waals surface area contributed by atoms with Crippen LogP contribution in [0.25, 0.3) is 0 Å². The van der Waals surface area contributed by atoms with Gasteiger partial charge in [-0.15, -0.1) is 0 Å². The van der Waals surface area contributed by atoms with Crippen molar-refractivity contribution in [1.29, 1.82) is 0 Å². The van der Waals surface area contributed by atoms with Crippen molar-refractivity contribution in [2.24, 2.45) is 5.92 Å². The molecular weight excluding hydrogens is 415 g/mol. The fourth-order valence-electron chi connectivity index (χ4n) is 4.97. The summed E-state index contributed by atoms with van der Waals surface area (Å²) in [7, 11) is 0. The molecule has 9 heteroatoms. The Kier molecular flexibility index (Phi) is 6.17. The van der Waals surface area contributed by atoms with Gasteiger partial charge >= 0.3 is 6.03 Å². The molecule has 0 aromatic heterocycles. The molecular formula is C23H29FN4O4. The third-order valence-corrected chi connectivity index (χ3v) is 7.05. The average Bonchev–Trinajstić information content (AvgIpc) is 3.02. The van der Waals surface area contributed by atoms with Crippen LogP contribution in [0.4, 0.5) is 9.18 Å². The summed E-state index contributed by atoms with van der Waals surface area (Å²) < 4.78 is 13.0. The van der Waals surface area contributed by atoms with E-state index in [4.69, 9.17) is 0 Å². The van der Waals surface area contributed by atoms with Crippen LogP contribution in [0.15, 0.2) is 24.3 Å². The first-order valence-corrected chi connectivity index (χ1v) is 11.2. The number of amides is 5. The molecule has 1 aliphatic carbocycles. The normalized spacial score (nSPS) is 25.9. The Labute approximate surface area is 186 Å². The molecule has 1 spiro atoms. The van der Waals surface area contributed by atoms with Gasteiger partial charge in [-0.1, -0.05) is 31.9 Å². The summed E-state index contributed by atoms with van der Waals surface area (Å²) in [5.41, 5.74) is -0.138. The van der Waals surface area contributed by atoms with Gasteiger partial charge in [0.1, 0.15) is 17.9 Å². The van der Waals surface area contributed by atoms with Gasteiger partial charge in [0.25, 0.3) is 5.91 Å². The Morgan fingerprint density at radius 1 is 1.03 bits per heavy atom. The number of imide groups is 1. The number of hydrogen-bond acceptors (Lipinski definition) is 4. The van der Waals surface area contributed by atoms with Crippen molar-refractivity contribution in [2.75, 3.05) is 32.7 Å². The number of hydrogen-bond donors (Lipinski definition) is 1. The first-order chi connectivity index (χ1) is 15.3. The van der Waals surface area contributed by atoms with Crippen LogP contribution in [-0.4, -0.2) is 76.7 Å². The molecule has 1 aromatic rings. The summed E-state index contributed by atoms with van der Waals surface area (Å²) in [6, 6.07) is 5.33. The summed E-state index contributed by atoms with van der Waals surface area (Å²) >= 11 is 0. The van der Waals surface area contributed by atoms with E-state index in [1.165, 1.54) is 12.1 Å². The van der Waals surface area contributed by atoms with E-state index in [1.807, 2.05) is 6.92 Å². The van der Waals surface area contributed by atoms with E-state index in [-0.39, 0.29) is 42.4 Å². The first kappa shape index (κ1) is 22.2. The number of carbonyl (C=O) groups is 4. The average molecular weight is 445 g/mol. The lowest BCUT2D eigenvalue weighted by molar-refractivity contribution is -0.143. The minimum Gasteiger partial charge on any atom is -0.339 e. The predicted molar refractivity (Wildman–Crippen MR) is 114 cm³/mol. The molecule has 8 nitrogen and oxygen atoms in total. The van der Waals surface area contributed by atoms with E-state index in [2.05, 4.69) is 5.32 Å². The van der Waals surface area contributed by atoms with Gasteiger partial charge in [0.2, 0.25) is 11.8 Å². The van der Waals surface area contributed by atoms with Gasteiger partial charge in [-0.2, -0.15) is 0 Å². The number of rotatable bonds is 4. The van der Waals surface area contributed by atoms with Gasteiger partial charge in [0.05, 0.1) is 6.42 Å². The number of carbonyl (C=O) groups excluding carboxylic acids is 4. The highest BCUT2D eigenvalue weighted by atomic mass is 19.1. The fraction of sp³-hybridized carbons (Fsp3) is 0.565. The van der Waals surface area contributed by atoms with Crippen molar-refractivity contribution in [3.63, 3.8) is 0 Å². The summed E-state index contributed by atoms with van der Waals surface area (Å²) in [6.45, 7) is 3.16. The lowest BCUT2D eigenvalue weighted by Gasteiger charge is -2.37. The molecule has 2 atom stereocenters. The predicted octanol–water partition coefficient (Wildman–Crippen LogP) is 1.54. The lowest BCUT2D eigenvalue weighted by Crippen LogP contribution is -2.55. The van der Waals surface area contributed by atoms with E-state index < -0.39 is 11.6 Å². The van der Waals surface area contributed by atoms with Crippen LogP contribution in [0, 0.1) is 11.7 Å². The number of benzene rings is 1. The maximum Gasteiger partial charge on any atom is 0.325 e. The van der Waals surface area contributed by atoms with E-state index in [1.54, 1.807) is 21.9 Å². The van der Waals surface area contributed by atoms with Crippen molar-refractivity contribution in [3.05, 3.63) is 35.6 Å². The molecule has 32 heavy (non-hydrogen) atoms. The standard InChI is InChI=1S/C23H29FN4O4/c1-16-4-2-3-9-23(16)21(31)28(22(32)25-23)15-20(30)27-12-10-26(11-13-27)19(29)14-17-5-7-18(24)8-6-17/h5-8,16H,2-4,9-15H2,1H3,(H,25,32). The van der Waals surface area contributed by atoms with E-state index in [9.17, 15) is 23.6 Å². The topological polar surface area (TPSA) is 90.0 Å². The van der Waals surface area contributed by atoms with Crippen LogP contribution >= 0.6 is 0 Å².